The number of hydrogen-bond acceptors (Lipinski definition) is 7. The smallest absolute Gasteiger partial charge is 0.306 e. The molecule has 0 saturated heterocycles. The Kier molecular flexibility index (Phi) is 10.7. The second-order valence-electron chi connectivity index (χ2n) is 9.67. The van der Waals surface area contributed by atoms with Crippen molar-refractivity contribution in [3.05, 3.63) is 119 Å². The van der Waals surface area contributed by atoms with Crippen molar-refractivity contribution in [1.82, 2.24) is 15.8 Å². The fourth-order valence-corrected chi connectivity index (χ4v) is 4.41. The van der Waals surface area contributed by atoms with E-state index in [1.807, 2.05) is 66.7 Å². The molecular weight excluding hydrogens is 536 g/mol. The highest BCUT2D eigenvalue weighted by Crippen LogP contribution is 2.23. The van der Waals surface area contributed by atoms with E-state index in [9.17, 15) is 19.2 Å². The minimum absolute atomic E-state index is 0.0500. The second-order valence-corrected chi connectivity index (χ2v) is 9.67. The van der Waals surface area contributed by atoms with Gasteiger partial charge in [-0.05, 0) is 59.9 Å². The van der Waals surface area contributed by atoms with Gasteiger partial charge in [0.15, 0.2) is 0 Å². The predicted octanol–water partition coefficient (Wildman–Crippen LogP) is 4.31. The number of hydrogen-bond donors (Lipinski definition) is 3. The molecule has 3 aromatic rings. The molecule has 0 aromatic heterocycles. The number of esters is 1. The van der Waals surface area contributed by atoms with E-state index in [1.165, 1.54) is 36.0 Å². The van der Waals surface area contributed by atoms with Gasteiger partial charge in [0.2, 0.25) is 5.91 Å². The molecule has 1 atom stereocenters. The summed E-state index contributed by atoms with van der Waals surface area (Å²) in [6.45, 7) is 0.511. The fourth-order valence-electron chi connectivity index (χ4n) is 4.41. The van der Waals surface area contributed by atoms with Crippen LogP contribution in [-0.2, 0) is 20.9 Å². The molecule has 0 unspecified atom stereocenters. The Hall–Kier alpha value is -5.09. The molecule has 0 saturated carbocycles. The number of hydrazone groups is 1. The molecule has 0 fully saturated rings. The van der Waals surface area contributed by atoms with Gasteiger partial charge in [-0.3, -0.25) is 24.4 Å². The van der Waals surface area contributed by atoms with E-state index < -0.39 is 17.9 Å². The molecule has 10 heteroatoms. The van der Waals surface area contributed by atoms with Gasteiger partial charge in [0.05, 0.1) is 12.8 Å². The zero-order valence-corrected chi connectivity index (χ0v) is 22.9. The molecule has 10 nitrogen and oxygen atoms in total. The molecule has 1 aliphatic rings. The third-order valence-corrected chi connectivity index (χ3v) is 6.61. The monoisotopic (exact) mass is 568 g/mol. The van der Waals surface area contributed by atoms with Gasteiger partial charge < -0.3 is 9.64 Å². The van der Waals surface area contributed by atoms with Crippen molar-refractivity contribution in [2.24, 2.45) is 5.10 Å². The Bertz CT molecular complexity index is 1450. The minimum atomic E-state index is -0.678. The molecular formula is C32H32N4O6. The molecule has 42 heavy (non-hydrogen) atoms. The maximum Gasteiger partial charge on any atom is 0.306 e. The predicted molar refractivity (Wildman–Crippen MR) is 155 cm³/mol. The third-order valence-electron chi connectivity index (χ3n) is 6.61. The van der Waals surface area contributed by atoms with Gasteiger partial charge in [0.1, 0.15) is 6.10 Å². The number of allylic oxidation sites excluding steroid dienone is 2. The van der Waals surface area contributed by atoms with E-state index >= 15 is 0 Å². The molecule has 1 aliphatic heterocycles. The SMILES string of the molecule is O=C1CC/C=C/CCC(=O)N(Cc2cccc(/C=N/NC(=O)c3ccc(C(=O)NO)cc3)c2)C[C@@H](c2ccccc2)O1. The number of amides is 3. The van der Waals surface area contributed by atoms with E-state index in [1.54, 1.807) is 4.90 Å². The van der Waals surface area contributed by atoms with Crippen LogP contribution in [0.2, 0.25) is 0 Å². The van der Waals surface area contributed by atoms with E-state index in [-0.39, 0.29) is 36.0 Å². The van der Waals surface area contributed by atoms with Gasteiger partial charge >= 0.3 is 5.97 Å². The summed E-state index contributed by atoms with van der Waals surface area (Å²) in [6, 6.07) is 22.5. The van der Waals surface area contributed by atoms with Crippen LogP contribution in [0.3, 0.4) is 0 Å². The molecule has 216 valence electrons. The van der Waals surface area contributed by atoms with Crippen molar-refractivity contribution in [2.75, 3.05) is 6.54 Å². The lowest BCUT2D eigenvalue weighted by atomic mass is 10.1. The molecule has 3 amide bonds. The summed E-state index contributed by atoms with van der Waals surface area (Å²) in [5.74, 6) is -1.51. The Morgan fingerprint density at radius 1 is 0.905 bits per heavy atom. The zero-order chi connectivity index (χ0) is 29.7. The number of ether oxygens (including phenoxy) is 1. The maximum atomic E-state index is 13.3. The van der Waals surface area contributed by atoms with Gasteiger partial charge in [0, 0.05) is 30.5 Å². The van der Waals surface area contributed by atoms with Gasteiger partial charge in [-0.2, -0.15) is 5.10 Å². The first-order valence-electron chi connectivity index (χ1n) is 13.6. The van der Waals surface area contributed by atoms with Crippen LogP contribution in [-0.4, -0.2) is 46.6 Å². The Morgan fingerprint density at radius 2 is 1.60 bits per heavy atom. The first-order chi connectivity index (χ1) is 20.4. The molecule has 1 heterocycles. The molecule has 0 aliphatic carbocycles. The molecule has 3 aromatic carbocycles. The van der Waals surface area contributed by atoms with Crippen LogP contribution in [0.1, 0.15) is 69.2 Å². The number of hydroxylamine groups is 1. The van der Waals surface area contributed by atoms with Crippen LogP contribution in [0.4, 0.5) is 0 Å². The van der Waals surface area contributed by atoms with Crippen LogP contribution in [0.15, 0.2) is 96.1 Å². The van der Waals surface area contributed by atoms with Crippen molar-refractivity contribution >= 4 is 29.9 Å². The van der Waals surface area contributed by atoms with Crippen molar-refractivity contribution in [2.45, 2.75) is 38.3 Å². The van der Waals surface area contributed by atoms with Gasteiger partial charge in [0.25, 0.3) is 11.8 Å². The Morgan fingerprint density at radius 3 is 2.31 bits per heavy atom. The largest absolute Gasteiger partial charge is 0.456 e. The molecule has 0 radical (unpaired) electrons. The van der Waals surface area contributed by atoms with E-state index in [2.05, 4.69) is 10.5 Å². The number of benzene rings is 3. The third kappa shape index (κ3) is 8.70. The van der Waals surface area contributed by atoms with Crippen LogP contribution < -0.4 is 10.9 Å². The van der Waals surface area contributed by atoms with Crippen molar-refractivity contribution in [3.63, 3.8) is 0 Å². The number of rotatable bonds is 7. The lowest BCUT2D eigenvalue weighted by Gasteiger charge is -2.28. The Labute approximate surface area is 243 Å². The first-order valence-corrected chi connectivity index (χ1v) is 13.6. The number of cyclic esters (lactones) is 1. The lowest BCUT2D eigenvalue weighted by Crippen LogP contribution is -2.35. The number of nitrogens with zero attached hydrogens (tertiary/aromatic N) is 2. The molecule has 4 rings (SSSR count). The van der Waals surface area contributed by atoms with Crippen LogP contribution >= 0.6 is 0 Å². The molecule has 0 spiro atoms. The highest BCUT2D eigenvalue weighted by atomic mass is 16.5. The summed E-state index contributed by atoms with van der Waals surface area (Å²) in [7, 11) is 0. The highest BCUT2D eigenvalue weighted by Gasteiger charge is 2.24. The van der Waals surface area contributed by atoms with Crippen LogP contribution in [0.5, 0.6) is 0 Å². The number of carbonyl (C=O) groups excluding carboxylic acids is 4. The summed E-state index contributed by atoms with van der Waals surface area (Å²) in [4.78, 5) is 51.4. The minimum Gasteiger partial charge on any atom is -0.456 e. The maximum absolute atomic E-state index is 13.3. The summed E-state index contributed by atoms with van der Waals surface area (Å²) in [5.41, 5.74) is 6.84. The quantitative estimate of drug-likeness (QED) is 0.128. The van der Waals surface area contributed by atoms with Gasteiger partial charge in [-0.1, -0.05) is 60.7 Å². The normalized spacial score (nSPS) is 17.1. The number of carbonyl (C=O) groups is 4. The van der Waals surface area contributed by atoms with E-state index in [0.29, 0.717) is 31.4 Å². The summed E-state index contributed by atoms with van der Waals surface area (Å²) >= 11 is 0. The van der Waals surface area contributed by atoms with Crippen LogP contribution in [0.25, 0.3) is 0 Å². The van der Waals surface area contributed by atoms with Crippen LogP contribution in [0, 0.1) is 0 Å². The molecule has 0 bridgehead atoms. The standard InChI is InChI=1S/C32H32N4O6/c37-29-13-6-1-2-7-14-30(38)42-28(25-11-4-3-5-12-25)22-36(29)21-24-10-8-9-23(19-24)20-33-34-31(39)26-15-17-27(18-16-26)32(40)35-41/h1-5,8-12,15-20,28,41H,6-7,13-14,21-22H2,(H,34,39)(H,35,40)/b2-1+,33-20+/t28-/m0/s1. The van der Waals surface area contributed by atoms with E-state index in [0.717, 1.165) is 11.1 Å². The van der Waals surface area contributed by atoms with Gasteiger partial charge in [-0.25, -0.2) is 10.9 Å². The van der Waals surface area contributed by atoms with Crippen molar-refractivity contribution < 1.29 is 29.1 Å². The summed E-state index contributed by atoms with van der Waals surface area (Å²) in [6.07, 6.45) is 6.50. The average Bonchev–Trinajstić information content (AvgIpc) is 3.01. The fraction of sp³-hybridized carbons (Fsp3) is 0.219. The zero-order valence-electron chi connectivity index (χ0n) is 22.9. The highest BCUT2D eigenvalue weighted by molar-refractivity contribution is 5.97. The number of nitrogens with one attached hydrogen (secondary N) is 2. The second kappa shape index (κ2) is 15.1. The Balaban J connectivity index is 1.46. The van der Waals surface area contributed by atoms with Crippen molar-refractivity contribution in [3.8, 4) is 0 Å². The molecule has 3 N–H and O–H groups in total. The summed E-state index contributed by atoms with van der Waals surface area (Å²) in [5, 5.41) is 12.7. The van der Waals surface area contributed by atoms with Gasteiger partial charge in [-0.15, -0.1) is 0 Å². The van der Waals surface area contributed by atoms with Crippen molar-refractivity contribution in [1.29, 1.82) is 0 Å². The topological polar surface area (TPSA) is 137 Å². The average molecular weight is 569 g/mol. The lowest BCUT2D eigenvalue weighted by molar-refractivity contribution is -0.152. The first kappa shape index (κ1) is 29.9. The summed E-state index contributed by atoms with van der Waals surface area (Å²) < 4.78 is 5.83. The van der Waals surface area contributed by atoms with E-state index in [4.69, 9.17) is 9.94 Å².